The first-order valence-electron chi connectivity index (χ1n) is 5.68. The summed E-state index contributed by atoms with van der Waals surface area (Å²) in [6, 6.07) is 7.36. The first kappa shape index (κ1) is 11.0. The third kappa shape index (κ3) is 3.26. The van der Waals surface area contributed by atoms with E-state index in [-0.39, 0.29) is 6.42 Å². The Morgan fingerprint density at radius 3 is 2.81 bits per heavy atom. The molecule has 1 fully saturated rings. The lowest BCUT2D eigenvalue weighted by molar-refractivity contribution is -0.136. The van der Waals surface area contributed by atoms with Gasteiger partial charge in [0.2, 0.25) is 0 Å². The van der Waals surface area contributed by atoms with Crippen LogP contribution >= 0.6 is 0 Å². The van der Waals surface area contributed by atoms with Crippen LogP contribution in [0.5, 0.6) is 5.75 Å². The largest absolute Gasteiger partial charge is 0.493 e. The number of carbonyl (C=O) groups is 1. The fourth-order valence-corrected chi connectivity index (χ4v) is 1.70. The molecule has 86 valence electrons. The number of hydrogen-bond donors (Lipinski definition) is 1. The molecule has 0 atom stereocenters. The highest BCUT2D eigenvalue weighted by molar-refractivity contribution is 5.71. The van der Waals surface area contributed by atoms with Crippen molar-refractivity contribution >= 4 is 5.97 Å². The zero-order valence-electron chi connectivity index (χ0n) is 9.19. The molecule has 1 aliphatic carbocycles. The van der Waals surface area contributed by atoms with Crippen LogP contribution < -0.4 is 4.74 Å². The highest BCUT2D eigenvalue weighted by Gasteiger charge is 2.20. The highest BCUT2D eigenvalue weighted by Crippen LogP contribution is 2.32. The quantitative estimate of drug-likeness (QED) is 0.801. The van der Waals surface area contributed by atoms with Gasteiger partial charge >= 0.3 is 5.97 Å². The topological polar surface area (TPSA) is 46.5 Å². The van der Waals surface area contributed by atoms with Crippen LogP contribution in [0, 0.1) is 5.92 Å². The minimum atomic E-state index is -0.821. The fraction of sp³-hybridized carbons (Fsp3) is 0.462. The minimum absolute atomic E-state index is 0.0274. The van der Waals surface area contributed by atoms with Gasteiger partial charge in [-0.1, -0.05) is 31.0 Å². The third-order valence-corrected chi connectivity index (χ3v) is 2.79. The standard InChI is InChI=1S/C13H16O3/c14-13(15)9-11-3-1-2-4-12(11)16-8-7-10-5-6-10/h1-4,10H,5-9H2,(H,14,15). The molecule has 0 amide bonds. The number of carboxylic acids is 1. The molecule has 0 unspecified atom stereocenters. The molecule has 1 aromatic rings. The second-order valence-corrected chi connectivity index (χ2v) is 4.26. The molecule has 0 saturated heterocycles. The van der Waals surface area contributed by atoms with Crippen molar-refractivity contribution in [2.75, 3.05) is 6.61 Å². The van der Waals surface area contributed by atoms with E-state index in [1.807, 2.05) is 18.2 Å². The number of ether oxygens (including phenoxy) is 1. The molecule has 16 heavy (non-hydrogen) atoms. The molecule has 1 saturated carbocycles. The van der Waals surface area contributed by atoms with E-state index in [0.717, 1.165) is 17.9 Å². The molecule has 3 nitrogen and oxygen atoms in total. The van der Waals surface area contributed by atoms with E-state index in [2.05, 4.69) is 0 Å². The molecule has 0 aromatic heterocycles. The summed E-state index contributed by atoms with van der Waals surface area (Å²) in [5.41, 5.74) is 0.755. The van der Waals surface area contributed by atoms with Crippen LogP contribution in [-0.4, -0.2) is 17.7 Å². The predicted octanol–water partition coefficient (Wildman–Crippen LogP) is 2.49. The predicted molar refractivity (Wildman–Crippen MR) is 60.6 cm³/mol. The molecule has 1 aliphatic rings. The zero-order chi connectivity index (χ0) is 11.4. The van der Waals surface area contributed by atoms with Gasteiger partial charge in [0.25, 0.3) is 0 Å². The van der Waals surface area contributed by atoms with E-state index in [4.69, 9.17) is 9.84 Å². The number of hydrogen-bond acceptors (Lipinski definition) is 2. The van der Waals surface area contributed by atoms with E-state index in [1.54, 1.807) is 6.07 Å². The Balaban J connectivity index is 1.91. The van der Waals surface area contributed by atoms with Crippen molar-refractivity contribution in [2.45, 2.75) is 25.7 Å². The number of para-hydroxylation sites is 1. The van der Waals surface area contributed by atoms with E-state index in [9.17, 15) is 4.79 Å². The number of rotatable bonds is 6. The molecule has 3 heteroatoms. The minimum Gasteiger partial charge on any atom is -0.493 e. The van der Waals surface area contributed by atoms with E-state index in [0.29, 0.717) is 12.4 Å². The lowest BCUT2D eigenvalue weighted by Gasteiger charge is -2.09. The van der Waals surface area contributed by atoms with Gasteiger partial charge in [0.05, 0.1) is 13.0 Å². The highest BCUT2D eigenvalue weighted by atomic mass is 16.5. The summed E-state index contributed by atoms with van der Waals surface area (Å²) in [4.78, 5) is 10.7. The Labute approximate surface area is 95.0 Å². The van der Waals surface area contributed by atoms with Gasteiger partial charge in [-0.25, -0.2) is 0 Å². The maximum absolute atomic E-state index is 10.7. The lowest BCUT2D eigenvalue weighted by atomic mass is 10.1. The molecule has 0 heterocycles. The van der Waals surface area contributed by atoms with Gasteiger partial charge in [0.15, 0.2) is 0 Å². The summed E-state index contributed by atoms with van der Waals surface area (Å²) in [7, 11) is 0. The molecule has 1 N–H and O–H groups in total. The molecule has 0 bridgehead atoms. The average Bonchev–Trinajstić information content (AvgIpc) is 3.04. The second kappa shape index (κ2) is 5.01. The summed E-state index contributed by atoms with van der Waals surface area (Å²) in [5, 5.41) is 8.76. The van der Waals surface area contributed by atoms with Gasteiger partial charge in [-0.15, -0.1) is 0 Å². The summed E-state index contributed by atoms with van der Waals surface area (Å²) >= 11 is 0. The molecule has 0 radical (unpaired) electrons. The molecule has 2 rings (SSSR count). The summed E-state index contributed by atoms with van der Waals surface area (Å²) < 4.78 is 5.63. The maximum Gasteiger partial charge on any atom is 0.307 e. The Hall–Kier alpha value is -1.51. The molecule has 0 spiro atoms. The second-order valence-electron chi connectivity index (χ2n) is 4.26. The van der Waals surface area contributed by atoms with Crippen molar-refractivity contribution in [1.29, 1.82) is 0 Å². The monoisotopic (exact) mass is 220 g/mol. The normalized spacial score (nSPS) is 14.8. The zero-order valence-corrected chi connectivity index (χ0v) is 9.19. The Bertz CT molecular complexity index is 369. The molecule has 0 aliphatic heterocycles. The van der Waals surface area contributed by atoms with Crippen molar-refractivity contribution in [3.63, 3.8) is 0 Å². The average molecular weight is 220 g/mol. The SMILES string of the molecule is O=C(O)Cc1ccccc1OCCC1CC1. The summed E-state index contributed by atoms with van der Waals surface area (Å²) in [6.45, 7) is 0.696. The van der Waals surface area contributed by atoms with Crippen molar-refractivity contribution in [3.05, 3.63) is 29.8 Å². The summed E-state index contributed by atoms with van der Waals surface area (Å²) in [6.07, 6.45) is 3.75. The number of carboxylic acid groups (broad SMARTS) is 1. The fourth-order valence-electron chi connectivity index (χ4n) is 1.70. The molecular weight excluding hydrogens is 204 g/mol. The van der Waals surface area contributed by atoms with Crippen LogP contribution in [0.2, 0.25) is 0 Å². The van der Waals surface area contributed by atoms with Crippen LogP contribution in [0.4, 0.5) is 0 Å². The number of aliphatic carboxylic acids is 1. The smallest absolute Gasteiger partial charge is 0.307 e. The van der Waals surface area contributed by atoms with Crippen LogP contribution in [-0.2, 0) is 11.2 Å². The van der Waals surface area contributed by atoms with Crippen LogP contribution in [0.15, 0.2) is 24.3 Å². The Morgan fingerprint density at radius 2 is 2.12 bits per heavy atom. The van der Waals surface area contributed by atoms with Crippen molar-refractivity contribution in [3.8, 4) is 5.75 Å². The van der Waals surface area contributed by atoms with Crippen LogP contribution in [0.3, 0.4) is 0 Å². The van der Waals surface area contributed by atoms with Crippen molar-refractivity contribution in [2.24, 2.45) is 5.92 Å². The maximum atomic E-state index is 10.7. The molecular formula is C13H16O3. The molecule has 1 aromatic carbocycles. The first-order valence-corrected chi connectivity index (χ1v) is 5.68. The Morgan fingerprint density at radius 1 is 1.38 bits per heavy atom. The van der Waals surface area contributed by atoms with Crippen molar-refractivity contribution < 1.29 is 14.6 Å². The third-order valence-electron chi connectivity index (χ3n) is 2.79. The van der Waals surface area contributed by atoms with E-state index < -0.39 is 5.97 Å². The summed E-state index contributed by atoms with van der Waals surface area (Å²) in [5.74, 6) is 0.732. The van der Waals surface area contributed by atoms with E-state index in [1.165, 1.54) is 12.8 Å². The van der Waals surface area contributed by atoms with Crippen LogP contribution in [0.25, 0.3) is 0 Å². The van der Waals surface area contributed by atoms with Gasteiger partial charge in [-0.2, -0.15) is 0 Å². The van der Waals surface area contributed by atoms with Gasteiger partial charge in [-0.05, 0) is 18.4 Å². The van der Waals surface area contributed by atoms with Crippen molar-refractivity contribution in [1.82, 2.24) is 0 Å². The lowest BCUT2D eigenvalue weighted by Crippen LogP contribution is -2.05. The van der Waals surface area contributed by atoms with E-state index >= 15 is 0 Å². The first-order chi connectivity index (χ1) is 7.75. The Kier molecular flexibility index (Phi) is 3.44. The van der Waals surface area contributed by atoms with Gasteiger partial charge < -0.3 is 9.84 Å². The van der Waals surface area contributed by atoms with Gasteiger partial charge in [0.1, 0.15) is 5.75 Å². The number of benzene rings is 1. The van der Waals surface area contributed by atoms with Gasteiger partial charge in [0, 0.05) is 5.56 Å². The van der Waals surface area contributed by atoms with Gasteiger partial charge in [-0.3, -0.25) is 4.79 Å². The van der Waals surface area contributed by atoms with Crippen LogP contribution in [0.1, 0.15) is 24.8 Å².